The number of ketones is 1. The summed E-state index contributed by atoms with van der Waals surface area (Å²) in [6.45, 7) is 1.15. The van der Waals surface area contributed by atoms with Crippen LogP contribution >= 0.6 is 0 Å². The highest BCUT2D eigenvalue weighted by molar-refractivity contribution is 6.05. The predicted octanol–water partition coefficient (Wildman–Crippen LogP) is -0.137. The second-order valence-corrected chi connectivity index (χ2v) is 3.21. The molecule has 6 nitrogen and oxygen atoms in total. The van der Waals surface area contributed by atoms with Crippen LogP contribution in [-0.2, 0) is 6.54 Å². The first-order chi connectivity index (χ1) is 7.81. The van der Waals surface area contributed by atoms with Crippen LogP contribution in [0.5, 0.6) is 0 Å². The highest BCUT2D eigenvalue weighted by Gasteiger charge is 2.13. The van der Waals surface area contributed by atoms with Gasteiger partial charge in [-0.1, -0.05) is 0 Å². The van der Waals surface area contributed by atoms with Crippen molar-refractivity contribution in [1.29, 1.82) is 0 Å². The lowest BCUT2D eigenvalue weighted by Gasteiger charge is -1.96. The van der Waals surface area contributed by atoms with Crippen LogP contribution in [0.1, 0.15) is 16.2 Å². The van der Waals surface area contributed by atoms with Crippen molar-refractivity contribution in [1.82, 2.24) is 19.5 Å². The van der Waals surface area contributed by atoms with Crippen LogP contribution in [0.4, 0.5) is 0 Å². The maximum absolute atomic E-state index is 11.9. The second-order valence-electron chi connectivity index (χ2n) is 3.21. The van der Waals surface area contributed by atoms with E-state index in [1.54, 1.807) is 17.1 Å². The Morgan fingerprint density at radius 3 is 2.88 bits per heavy atom. The Kier molecular flexibility index (Phi) is 3.02. The van der Waals surface area contributed by atoms with Gasteiger partial charge >= 0.3 is 0 Å². The van der Waals surface area contributed by atoms with Crippen LogP contribution < -0.4 is 5.73 Å². The zero-order valence-corrected chi connectivity index (χ0v) is 8.58. The molecule has 0 unspecified atom stereocenters. The van der Waals surface area contributed by atoms with Gasteiger partial charge in [0.2, 0.25) is 5.78 Å². The van der Waals surface area contributed by atoms with Crippen molar-refractivity contribution >= 4 is 5.78 Å². The molecular weight excluding hydrogens is 206 g/mol. The smallest absolute Gasteiger partial charge is 0.232 e. The molecule has 0 radical (unpaired) electrons. The van der Waals surface area contributed by atoms with Gasteiger partial charge in [0.25, 0.3) is 0 Å². The molecule has 82 valence electrons. The quantitative estimate of drug-likeness (QED) is 0.720. The molecule has 0 atom stereocenters. The number of carbonyl (C=O) groups is 1. The van der Waals surface area contributed by atoms with Gasteiger partial charge in [0.05, 0.1) is 12.5 Å². The van der Waals surface area contributed by atoms with Crippen LogP contribution in [0.15, 0.2) is 31.1 Å². The summed E-state index contributed by atoms with van der Waals surface area (Å²) in [7, 11) is 0. The minimum Gasteiger partial charge on any atom is -0.335 e. The van der Waals surface area contributed by atoms with E-state index in [1.807, 2.05) is 0 Å². The number of hydrogen-bond donors (Lipinski definition) is 1. The van der Waals surface area contributed by atoms with E-state index in [-0.39, 0.29) is 5.78 Å². The summed E-state index contributed by atoms with van der Waals surface area (Å²) < 4.78 is 1.77. The van der Waals surface area contributed by atoms with E-state index in [0.29, 0.717) is 24.5 Å². The molecule has 0 aromatic carbocycles. The standard InChI is InChI=1S/C10H11N5O/c11-1-4-15-6-9(14-7-15)10(16)8-5-12-2-3-13-8/h2-3,5-7H,1,4,11H2. The summed E-state index contributed by atoms with van der Waals surface area (Å²) >= 11 is 0. The van der Waals surface area contributed by atoms with E-state index >= 15 is 0 Å². The number of carbonyl (C=O) groups excluding carboxylic acids is 1. The fraction of sp³-hybridized carbons (Fsp3) is 0.200. The van der Waals surface area contributed by atoms with E-state index in [2.05, 4.69) is 15.0 Å². The summed E-state index contributed by atoms with van der Waals surface area (Å²) in [5.41, 5.74) is 6.05. The molecule has 0 aliphatic heterocycles. The van der Waals surface area contributed by atoms with Gasteiger partial charge in [0.1, 0.15) is 11.4 Å². The fourth-order valence-electron chi connectivity index (χ4n) is 1.30. The molecular formula is C10H11N5O. The first-order valence-corrected chi connectivity index (χ1v) is 4.84. The Hall–Kier alpha value is -2.08. The van der Waals surface area contributed by atoms with Crippen LogP contribution in [0.2, 0.25) is 0 Å². The van der Waals surface area contributed by atoms with Crippen molar-refractivity contribution in [3.63, 3.8) is 0 Å². The van der Waals surface area contributed by atoms with E-state index in [9.17, 15) is 4.79 Å². The van der Waals surface area contributed by atoms with Gasteiger partial charge < -0.3 is 10.3 Å². The lowest BCUT2D eigenvalue weighted by Crippen LogP contribution is -2.08. The minimum absolute atomic E-state index is 0.233. The van der Waals surface area contributed by atoms with Crippen LogP contribution in [0.3, 0.4) is 0 Å². The van der Waals surface area contributed by atoms with Crippen molar-refractivity contribution in [3.05, 3.63) is 42.5 Å². The largest absolute Gasteiger partial charge is 0.335 e. The second kappa shape index (κ2) is 4.63. The summed E-state index contributed by atoms with van der Waals surface area (Å²) in [5.74, 6) is -0.233. The van der Waals surface area contributed by atoms with Crippen LogP contribution in [0, 0.1) is 0 Å². The number of rotatable bonds is 4. The third-order valence-electron chi connectivity index (χ3n) is 2.05. The maximum atomic E-state index is 11.9. The van der Waals surface area contributed by atoms with Gasteiger partial charge in [0, 0.05) is 31.7 Å². The highest BCUT2D eigenvalue weighted by Crippen LogP contribution is 2.03. The lowest BCUT2D eigenvalue weighted by molar-refractivity contribution is 0.102. The van der Waals surface area contributed by atoms with Gasteiger partial charge in [-0.2, -0.15) is 0 Å². The first kappa shape index (κ1) is 10.4. The van der Waals surface area contributed by atoms with Crippen molar-refractivity contribution in [3.8, 4) is 0 Å². The highest BCUT2D eigenvalue weighted by atomic mass is 16.1. The number of imidazole rings is 1. The van der Waals surface area contributed by atoms with Crippen LogP contribution in [-0.4, -0.2) is 31.8 Å². The Labute approximate surface area is 92.2 Å². The zero-order chi connectivity index (χ0) is 11.4. The maximum Gasteiger partial charge on any atom is 0.232 e. The summed E-state index contributed by atoms with van der Waals surface area (Å²) in [4.78, 5) is 23.6. The molecule has 0 spiro atoms. The molecule has 0 saturated carbocycles. The molecule has 2 N–H and O–H groups in total. The van der Waals surface area contributed by atoms with Gasteiger partial charge in [-0.15, -0.1) is 0 Å². The number of aromatic nitrogens is 4. The van der Waals surface area contributed by atoms with Gasteiger partial charge in [-0.05, 0) is 0 Å². The summed E-state index contributed by atoms with van der Waals surface area (Å²) in [6.07, 6.45) is 7.65. The molecule has 16 heavy (non-hydrogen) atoms. The Balaban J connectivity index is 2.21. The fourth-order valence-corrected chi connectivity index (χ4v) is 1.30. The van der Waals surface area contributed by atoms with Crippen LogP contribution in [0.25, 0.3) is 0 Å². The van der Waals surface area contributed by atoms with Crippen molar-refractivity contribution < 1.29 is 4.79 Å². The van der Waals surface area contributed by atoms with E-state index in [1.165, 1.54) is 18.6 Å². The van der Waals surface area contributed by atoms with Gasteiger partial charge in [0.15, 0.2) is 0 Å². The lowest BCUT2D eigenvalue weighted by atomic mass is 10.2. The normalized spacial score (nSPS) is 10.3. The van der Waals surface area contributed by atoms with Crippen molar-refractivity contribution in [2.45, 2.75) is 6.54 Å². The molecule has 2 heterocycles. The summed E-state index contributed by atoms with van der Waals surface area (Å²) in [6, 6.07) is 0. The molecule has 0 amide bonds. The third-order valence-corrected chi connectivity index (χ3v) is 2.05. The van der Waals surface area contributed by atoms with E-state index in [4.69, 9.17) is 5.73 Å². The number of nitrogens with zero attached hydrogens (tertiary/aromatic N) is 4. The minimum atomic E-state index is -0.233. The Bertz CT molecular complexity index is 479. The zero-order valence-electron chi connectivity index (χ0n) is 8.58. The molecule has 0 bridgehead atoms. The Morgan fingerprint density at radius 2 is 2.19 bits per heavy atom. The Morgan fingerprint density at radius 1 is 1.31 bits per heavy atom. The molecule has 2 rings (SSSR count). The predicted molar refractivity (Wildman–Crippen MR) is 56.7 cm³/mol. The molecule has 0 aliphatic carbocycles. The van der Waals surface area contributed by atoms with Crippen molar-refractivity contribution in [2.24, 2.45) is 5.73 Å². The topological polar surface area (TPSA) is 86.7 Å². The van der Waals surface area contributed by atoms with E-state index in [0.717, 1.165) is 0 Å². The molecule has 2 aromatic heterocycles. The number of hydrogen-bond acceptors (Lipinski definition) is 5. The SMILES string of the molecule is NCCn1cnc(C(=O)c2cnccn2)c1. The molecule has 0 fully saturated rings. The molecule has 2 aromatic rings. The molecule has 6 heteroatoms. The number of nitrogens with two attached hydrogens (primary N) is 1. The third kappa shape index (κ3) is 2.12. The molecule has 0 saturated heterocycles. The monoisotopic (exact) mass is 217 g/mol. The van der Waals surface area contributed by atoms with Gasteiger partial charge in [-0.3, -0.25) is 9.78 Å². The van der Waals surface area contributed by atoms with Gasteiger partial charge in [-0.25, -0.2) is 9.97 Å². The molecule has 0 aliphatic rings. The van der Waals surface area contributed by atoms with E-state index < -0.39 is 0 Å². The average molecular weight is 217 g/mol. The summed E-state index contributed by atoms with van der Waals surface area (Å²) in [5, 5.41) is 0. The first-order valence-electron chi connectivity index (χ1n) is 4.84. The average Bonchev–Trinajstić information content (AvgIpc) is 2.78. The van der Waals surface area contributed by atoms with Crippen molar-refractivity contribution in [2.75, 3.05) is 6.54 Å².